The molecule has 1 unspecified atom stereocenters. The topological polar surface area (TPSA) is 58.6 Å². The number of benzene rings is 2. The van der Waals surface area contributed by atoms with E-state index in [1.807, 2.05) is 53.4 Å². The predicted molar refractivity (Wildman–Crippen MR) is 119 cm³/mol. The highest BCUT2D eigenvalue weighted by Crippen LogP contribution is 2.33. The van der Waals surface area contributed by atoms with Crippen molar-refractivity contribution >= 4 is 11.8 Å². The summed E-state index contributed by atoms with van der Waals surface area (Å²) in [6.07, 6.45) is 2.26. The van der Waals surface area contributed by atoms with Gasteiger partial charge in [-0.15, -0.1) is 0 Å². The minimum atomic E-state index is -0.142. The minimum absolute atomic E-state index is 0.0532. The predicted octanol–water partition coefficient (Wildman–Crippen LogP) is 4.48. The van der Waals surface area contributed by atoms with E-state index in [2.05, 4.69) is 26.1 Å². The SMILES string of the molecule is COc1ccc(C2CCCN2C(=O)CCNC(=O)c2ccc(C(C)(C)C)cc2)cc1. The molecule has 1 aliphatic rings. The summed E-state index contributed by atoms with van der Waals surface area (Å²) >= 11 is 0. The monoisotopic (exact) mass is 408 g/mol. The molecule has 5 heteroatoms. The number of carbonyl (C=O) groups excluding carboxylic acids is 2. The van der Waals surface area contributed by atoms with Gasteiger partial charge in [-0.2, -0.15) is 0 Å². The fourth-order valence-corrected chi connectivity index (χ4v) is 3.89. The number of methoxy groups -OCH3 is 1. The van der Waals surface area contributed by atoms with Crippen LogP contribution >= 0.6 is 0 Å². The van der Waals surface area contributed by atoms with Crippen molar-refractivity contribution in [2.45, 2.75) is 51.5 Å². The van der Waals surface area contributed by atoms with Gasteiger partial charge < -0.3 is 15.0 Å². The molecule has 1 atom stereocenters. The van der Waals surface area contributed by atoms with E-state index in [1.165, 1.54) is 5.56 Å². The van der Waals surface area contributed by atoms with E-state index in [1.54, 1.807) is 7.11 Å². The summed E-state index contributed by atoms with van der Waals surface area (Å²) in [6, 6.07) is 15.7. The van der Waals surface area contributed by atoms with Crippen LogP contribution in [-0.2, 0) is 10.2 Å². The van der Waals surface area contributed by atoms with Gasteiger partial charge >= 0.3 is 0 Å². The lowest BCUT2D eigenvalue weighted by Gasteiger charge is -2.25. The number of amides is 2. The van der Waals surface area contributed by atoms with Gasteiger partial charge in [0.05, 0.1) is 13.2 Å². The van der Waals surface area contributed by atoms with E-state index >= 15 is 0 Å². The highest BCUT2D eigenvalue weighted by atomic mass is 16.5. The summed E-state index contributed by atoms with van der Waals surface area (Å²) in [7, 11) is 1.65. The molecule has 1 heterocycles. The number of ether oxygens (including phenoxy) is 1. The molecule has 1 aliphatic heterocycles. The molecule has 3 rings (SSSR count). The van der Waals surface area contributed by atoms with Gasteiger partial charge in [-0.1, -0.05) is 45.0 Å². The van der Waals surface area contributed by atoms with Crippen molar-refractivity contribution in [2.24, 2.45) is 0 Å². The van der Waals surface area contributed by atoms with E-state index in [0.717, 1.165) is 30.7 Å². The maximum Gasteiger partial charge on any atom is 0.251 e. The van der Waals surface area contributed by atoms with Gasteiger partial charge in [-0.05, 0) is 53.6 Å². The summed E-state index contributed by atoms with van der Waals surface area (Å²) in [5.41, 5.74) is 2.99. The molecule has 0 bridgehead atoms. The maximum atomic E-state index is 12.8. The lowest BCUT2D eigenvalue weighted by molar-refractivity contribution is -0.132. The number of nitrogens with zero attached hydrogens (tertiary/aromatic N) is 1. The number of carbonyl (C=O) groups is 2. The first-order valence-corrected chi connectivity index (χ1v) is 10.6. The lowest BCUT2D eigenvalue weighted by atomic mass is 9.87. The average Bonchev–Trinajstić information content (AvgIpc) is 3.23. The number of likely N-dealkylation sites (tertiary alicyclic amines) is 1. The van der Waals surface area contributed by atoms with Crippen LogP contribution in [0.2, 0.25) is 0 Å². The van der Waals surface area contributed by atoms with Gasteiger partial charge in [-0.3, -0.25) is 9.59 Å². The van der Waals surface area contributed by atoms with Crippen LogP contribution in [0, 0.1) is 0 Å². The highest BCUT2D eigenvalue weighted by molar-refractivity contribution is 5.94. The molecule has 0 aliphatic carbocycles. The van der Waals surface area contributed by atoms with Crippen LogP contribution in [0.1, 0.15) is 67.6 Å². The Morgan fingerprint density at radius 3 is 2.33 bits per heavy atom. The van der Waals surface area contributed by atoms with Crippen molar-refractivity contribution in [2.75, 3.05) is 20.2 Å². The molecular formula is C25H32N2O3. The van der Waals surface area contributed by atoms with Crippen LogP contribution in [0.25, 0.3) is 0 Å². The number of hydrogen-bond acceptors (Lipinski definition) is 3. The molecule has 1 fully saturated rings. The molecule has 2 aromatic rings. The molecule has 0 radical (unpaired) electrons. The van der Waals surface area contributed by atoms with Crippen molar-refractivity contribution in [1.29, 1.82) is 0 Å². The van der Waals surface area contributed by atoms with Crippen molar-refractivity contribution in [1.82, 2.24) is 10.2 Å². The van der Waals surface area contributed by atoms with Crippen molar-refractivity contribution in [3.8, 4) is 5.75 Å². The molecule has 1 saturated heterocycles. The number of rotatable bonds is 6. The van der Waals surface area contributed by atoms with Crippen LogP contribution in [0.4, 0.5) is 0 Å². The summed E-state index contributed by atoms with van der Waals surface area (Å²) in [6.45, 7) is 7.53. The third-order valence-corrected chi connectivity index (χ3v) is 5.71. The van der Waals surface area contributed by atoms with E-state index < -0.39 is 0 Å². The molecular weight excluding hydrogens is 376 g/mol. The number of hydrogen-bond donors (Lipinski definition) is 1. The molecule has 1 N–H and O–H groups in total. The second kappa shape index (κ2) is 9.33. The zero-order valence-corrected chi connectivity index (χ0v) is 18.4. The zero-order valence-electron chi connectivity index (χ0n) is 18.4. The summed E-state index contributed by atoms with van der Waals surface area (Å²) in [4.78, 5) is 27.1. The third kappa shape index (κ3) is 5.21. The molecule has 2 amide bonds. The summed E-state index contributed by atoms with van der Waals surface area (Å²) in [5.74, 6) is 0.751. The average molecular weight is 409 g/mol. The molecule has 30 heavy (non-hydrogen) atoms. The van der Waals surface area contributed by atoms with Gasteiger partial charge in [-0.25, -0.2) is 0 Å². The second-order valence-corrected chi connectivity index (χ2v) is 8.85. The van der Waals surface area contributed by atoms with E-state index in [0.29, 0.717) is 18.5 Å². The second-order valence-electron chi connectivity index (χ2n) is 8.85. The quantitative estimate of drug-likeness (QED) is 0.767. The molecule has 0 aromatic heterocycles. The Balaban J connectivity index is 1.52. The molecule has 5 nitrogen and oxygen atoms in total. The van der Waals surface area contributed by atoms with Crippen molar-refractivity contribution in [3.05, 3.63) is 65.2 Å². The molecule has 0 spiro atoms. The highest BCUT2D eigenvalue weighted by Gasteiger charge is 2.29. The molecule has 160 valence electrons. The maximum absolute atomic E-state index is 12.8. The standard InChI is InChI=1S/C25H32N2O3/c1-25(2,3)20-11-7-19(8-12-20)24(29)26-16-15-23(28)27-17-5-6-22(27)18-9-13-21(30-4)14-10-18/h7-14,22H,5-6,15-17H2,1-4H3,(H,26,29). The van der Waals surface area contributed by atoms with Crippen LogP contribution in [0.5, 0.6) is 5.75 Å². The van der Waals surface area contributed by atoms with Crippen LogP contribution < -0.4 is 10.1 Å². The Morgan fingerprint density at radius 1 is 1.07 bits per heavy atom. The Bertz CT molecular complexity index is 867. The summed E-state index contributed by atoms with van der Waals surface area (Å²) in [5, 5.41) is 2.88. The van der Waals surface area contributed by atoms with E-state index in [-0.39, 0.29) is 23.3 Å². The normalized spacial score (nSPS) is 16.4. The first-order chi connectivity index (χ1) is 14.3. The van der Waals surface area contributed by atoms with Crippen LogP contribution in [-0.4, -0.2) is 36.9 Å². The van der Waals surface area contributed by atoms with Crippen LogP contribution in [0.3, 0.4) is 0 Å². The Labute approximate surface area is 179 Å². The zero-order chi connectivity index (χ0) is 21.7. The Morgan fingerprint density at radius 2 is 1.73 bits per heavy atom. The van der Waals surface area contributed by atoms with Crippen LogP contribution in [0.15, 0.2) is 48.5 Å². The lowest BCUT2D eigenvalue weighted by Crippen LogP contribution is -2.34. The fourth-order valence-electron chi connectivity index (χ4n) is 3.89. The van der Waals surface area contributed by atoms with E-state index in [9.17, 15) is 9.59 Å². The van der Waals surface area contributed by atoms with Gasteiger partial charge in [0.2, 0.25) is 5.91 Å². The Hall–Kier alpha value is -2.82. The van der Waals surface area contributed by atoms with Gasteiger partial charge in [0.15, 0.2) is 0 Å². The molecule has 2 aromatic carbocycles. The van der Waals surface area contributed by atoms with E-state index in [4.69, 9.17) is 4.74 Å². The van der Waals surface area contributed by atoms with Gasteiger partial charge in [0, 0.05) is 25.1 Å². The van der Waals surface area contributed by atoms with Crippen molar-refractivity contribution < 1.29 is 14.3 Å². The first kappa shape index (κ1) is 21.9. The largest absolute Gasteiger partial charge is 0.497 e. The number of nitrogens with one attached hydrogen (secondary N) is 1. The third-order valence-electron chi connectivity index (χ3n) is 5.71. The summed E-state index contributed by atoms with van der Waals surface area (Å²) < 4.78 is 5.22. The van der Waals surface area contributed by atoms with Gasteiger partial charge in [0.25, 0.3) is 5.91 Å². The first-order valence-electron chi connectivity index (χ1n) is 10.6. The Kier molecular flexibility index (Phi) is 6.80. The van der Waals surface area contributed by atoms with Gasteiger partial charge in [0.1, 0.15) is 5.75 Å². The fraction of sp³-hybridized carbons (Fsp3) is 0.440. The molecule has 0 saturated carbocycles. The minimum Gasteiger partial charge on any atom is -0.497 e. The smallest absolute Gasteiger partial charge is 0.251 e. The van der Waals surface area contributed by atoms with Crippen molar-refractivity contribution in [3.63, 3.8) is 0 Å².